The van der Waals surface area contributed by atoms with Crippen molar-refractivity contribution in [2.24, 2.45) is 0 Å². The second-order valence-electron chi connectivity index (χ2n) is 7.53. The predicted octanol–water partition coefficient (Wildman–Crippen LogP) is 2.89. The molecule has 2 aromatic carbocycles. The SMILES string of the molecule is COc1ccccc1N1CCN(C(=O)c2cccc(C(=O)N3CCCC3)c2)CC1. The molecule has 0 radical (unpaired) electrons. The molecule has 0 saturated carbocycles. The van der Waals surface area contributed by atoms with E-state index in [9.17, 15) is 9.59 Å². The second-order valence-corrected chi connectivity index (χ2v) is 7.53. The van der Waals surface area contributed by atoms with Crippen molar-refractivity contribution in [1.82, 2.24) is 9.80 Å². The van der Waals surface area contributed by atoms with E-state index in [1.165, 1.54) is 0 Å². The van der Waals surface area contributed by atoms with Gasteiger partial charge in [0.15, 0.2) is 0 Å². The highest BCUT2D eigenvalue weighted by Gasteiger charge is 2.25. The van der Waals surface area contributed by atoms with Crippen molar-refractivity contribution in [1.29, 1.82) is 0 Å². The molecule has 4 rings (SSSR count). The van der Waals surface area contributed by atoms with Gasteiger partial charge in [-0.25, -0.2) is 0 Å². The van der Waals surface area contributed by atoms with Crippen LogP contribution in [0.3, 0.4) is 0 Å². The summed E-state index contributed by atoms with van der Waals surface area (Å²) in [6, 6.07) is 15.1. The van der Waals surface area contributed by atoms with Gasteiger partial charge in [-0.2, -0.15) is 0 Å². The van der Waals surface area contributed by atoms with Gasteiger partial charge >= 0.3 is 0 Å². The maximum absolute atomic E-state index is 13.0. The van der Waals surface area contributed by atoms with E-state index in [1.807, 2.05) is 40.1 Å². The van der Waals surface area contributed by atoms with Crippen molar-refractivity contribution >= 4 is 17.5 Å². The van der Waals surface area contributed by atoms with E-state index in [2.05, 4.69) is 4.90 Å². The molecule has 6 heteroatoms. The number of carbonyl (C=O) groups is 2. The third-order valence-electron chi connectivity index (χ3n) is 5.74. The normalized spacial score (nSPS) is 16.8. The fourth-order valence-electron chi connectivity index (χ4n) is 4.11. The summed E-state index contributed by atoms with van der Waals surface area (Å²) >= 11 is 0. The largest absolute Gasteiger partial charge is 0.495 e. The van der Waals surface area contributed by atoms with Crippen LogP contribution in [0.1, 0.15) is 33.6 Å². The van der Waals surface area contributed by atoms with Gasteiger partial charge in [0.25, 0.3) is 11.8 Å². The number of hydrogen-bond acceptors (Lipinski definition) is 4. The number of benzene rings is 2. The van der Waals surface area contributed by atoms with Gasteiger partial charge in [-0.15, -0.1) is 0 Å². The van der Waals surface area contributed by atoms with Gasteiger partial charge < -0.3 is 19.4 Å². The Bertz CT molecular complexity index is 884. The smallest absolute Gasteiger partial charge is 0.253 e. The van der Waals surface area contributed by atoms with Gasteiger partial charge in [-0.1, -0.05) is 18.2 Å². The monoisotopic (exact) mass is 393 g/mol. The van der Waals surface area contributed by atoms with Gasteiger partial charge in [0.2, 0.25) is 0 Å². The zero-order chi connectivity index (χ0) is 20.2. The topological polar surface area (TPSA) is 53.1 Å². The van der Waals surface area contributed by atoms with Gasteiger partial charge in [-0.3, -0.25) is 9.59 Å². The van der Waals surface area contributed by atoms with Crippen LogP contribution < -0.4 is 9.64 Å². The number of nitrogens with zero attached hydrogens (tertiary/aromatic N) is 3. The number of ether oxygens (including phenoxy) is 1. The minimum atomic E-state index is -0.0132. The third kappa shape index (κ3) is 4.06. The summed E-state index contributed by atoms with van der Waals surface area (Å²) in [5.74, 6) is 0.860. The van der Waals surface area contributed by atoms with Crippen LogP contribution in [-0.2, 0) is 0 Å². The van der Waals surface area contributed by atoms with Crippen LogP contribution in [0.4, 0.5) is 5.69 Å². The molecule has 2 aliphatic rings. The van der Waals surface area contributed by atoms with Crippen molar-refractivity contribution < 1.29 is 14.3 Å². The molecule has 0 atom stereocenters. The lowest BCUT2D eigenvalue weighted by atomic mass is 10.1. The van der Waals surface area contributed by atoms with E-state index >= 15 is 0 Å². The molecule has 0 unspecified atom stereocenters. The zero-order valence-corrected chi connectivity index (χ0v) is 16.8. The molecule has 2 aromatic rings. The Hall–Kier alpha value is -3.02. The summed E-state index contributed by atoms with van der Waals surface area (Å²) in [5, 5.41) is 0. The van der Waals surface area contributed by atoms with Crippen LogP contribution in [0.15, 0.2) is 48.5 Å². The van der Waals surface area contributed by atoms with Crippen LogP contribution in [-0.4, -0.2) is 68.0 Å². The molecule has 2 saturated heterocycles. The van der Waals surface area contributed by atoms with Crippen LogP contribution in [0, 0.1) is 0 Å². The van der Waals surface area contributed by atoms with Crippen molar-refractivity contribution in [3.05, 3.63) is 59.7 Å². The average Bonchev–Trinajstić information content (AvgIpc) is 3.33. The van der Waals surface area contributed by atoms with E-state index in [0.717, 1.165) is 50.5 Å². The first-order chi connectivity index (χ1) is 14.2. The number of piperazine rings is 1. The summed E-state index contributed by atoms with van der Waals surface area (Å²) in [5.41, 5.74) is 2.24. The van der Waals surface area contributed by atoms with E-state index in [-0.39, 0.29) is 11.8 Å². The number of likely N-dealkylation sites (tertiary alicyclic amines) is 1. The first kappa shape index (κ1) is 19.3. The molecule has 2 aliphatic heterocycles. The number of carbonyl (C=O) groups excluding carboxylic acids is 2. The molecule has 2 heterocycles. The Morgan fingerprint density at radius 2 is 1.34 bits per heavy atom. The van der Waals surface area contributed by atoms with Crippen LogP contribution in [0.2, 0.25) is 0 Å². The minimum Gasteiger partial charge on any atom is -0.495 e. The number of rotatable bonds is 4. The predicted molar refractivity (Wildman–Crippen MR) is 113 cm³/mol. The highest BCUT2D eigenvalue weighted by atomic mass is 16.5. The Balaban J connectivity index is 1.42. The number of para-hydroxylation sites is 2. The first-order valence-corrected chi connectivity index (χ1v) is 10.2. The number of amides is 2. The lowest BCUT2D eigenvalue weighted by molar-refractivity contribution is 0.0746. The Morgan fingerprint density at radius 3 is 1.97 bits per heavy atom. The van der Waals surface area contributed by atoms with Crippen LogP contribution >= 0.6 is 0 Å². The molecule has 0 spiro atoms. The first-order valence-electron chi connectivity index (χ1n) is 10.2. The van der Waals surface area contributed by atoms with Crippen LogP contribution in [0.25, 0.3) is 0 Å². The Kier molecular flexibility index (Phi) is 5.69. The molecule has 152 valence electrons. The number of methoxy groups -OCH3 is 1. The summed E-state index contributed by atoms with van der Waals surface area (Å²) < 4.78 is 5.46. The zero-order valence-electron chi connectivity index (χ0n) is 16.8. The minimum absolute atomic E-state index is 0.0132. The quantitative estimate of drug-likeness (QED) is 0.802. The van der Waals surface area contributed by atoms with Crippen molar-refractivity contribution in [2.75, 3.05) is 51.3 Å². The molecule has 0 aromatic heterocycles. The standard InChI is InChI=1S/C23H27N3O3/c1-29-21-10-3-2-9-20(21)24-13-15-26(16-14-24)23(28)19-8-6-7-18(17-19)22(27)25-11-4-5-12-25/h2-3,6-10,17H,4-5,11-16H2,1H3. The highest BCUT2D eigenvalue weighted by molar-refractivity contribution is 5.99. The van der Waals surface area contributed by atoms with Gasteiger partial charge in [-0.05, 0) is 43.2 Å². The Morgan fingerprint density at radius 1 is 0.759 bits per heavy atom. The highest BCUT2D eigenvalue weighted by Crippen LogP contribution is 2.28. The Labute approximate surface area is 171 Å². The summed E-state index contributed by atoms with van der Waals surface area (Å²) in [4.78, 5) is 31.6. The van der Waals surface area contributed by atoms with Gasteiger partial charge in [0.1, 0.15) is 5.75 Å². The van der Waals surface area contributed by atoms with Crippen molar-refractivity contribution in [3.63, 3.8) is 0 Å². The van der Waals surface area contributed by atoms with Crippen LogP contribution in [0.5, 0.6) is 5.75 Å². The fourth-order valence-corrected chi connectivity index (χ4v) is 4.11. The second kappa shape index (κ2) is 8.55. The molecule has 6 nitrogen and oxygen atoms in total. The van der Waals surface area contributed by atoms with E-state index in [0.29, 0.717) is 24.2 Å². The summed E-state index contributed by atoms with van der Waals surface area (Å²) in [6.45, 7) is 4.39. The lowest BCUT2D eigenvalue weighted by Crippen LogP contribution is -2.48. The van der Waals surface area contributed by atoms with E-state index in [1.54, 1.807) is 25.3 Å². The van der Waals surface area contributed by atoms with Crippen molar-refractivity contribution in [2.45, 2.75) is 12.8 Å². The maximum atomic E-state index is 13.0. The molecule has 0 aliphatic carbocycles. The lowest BCUT2D eigenvalue weighted by Gasteiger charge is -2.36. The average molecular weight is 393 g/mol. The summed E-state index contributed by atoms with van der Waals surface area (Å²) in [7, 11) is 1.68. The van der Waals surface area contributed by atoms with Gasteiger partial charge in [0.05, 0.1) is 12.8 Å². The summed E-state index contributed by atoms with van der Waals surface area (Å²) in [6.07, 6.45) is 2.11. The van der Waals surface area contributed by atoms with E-state index in [4.69, 9.17) is 4.74 Å². The third-order valence-corrected chi connectivity index (χ3v) is 5.74. The fraction of sp³-hybridized carbons (Fsp3) is 0.391. The number of anilines is 1. The molecule has 29 heavy (non-hydrogen) atoms. The number of hydrogen-bond donors (Lipinski definition) is 0. The molecule has 2 amide bonds. The molecular weight excluding hydrogens is 366 g/mol. The molecular formula is C23H27N3O3. The van der Waals surface area contributed by atoms with Gasteiger partial charge in [0, 0.05) is 50.4 Å². The molecule has 0 bridgehead atoms. The van der Waals surface area contributed by atoms with E-state index < -0.39 is 0 Å². The van der Waals surface area contributed by atoms with Crippen molar-refractivity contribution in [3.8, 4) is 5.75 Å². The molecule has 2 fully saturated rings. The maximum Gasteiger partial charge on any atom is 0.253 e. The molecule has 0 N–H and O–H groups in total.